The molecule has 0 aliphatic heterocycles. The second-order valence-electron chi connectivity index (χ2n) is 6.08. The van der Waals surface area contributed by atoms with Crippen LogP contribution in [0.15, 0.2) is 23.1 Å². The Labute approximate surface area is 126 Å². The summed E-state index contributed by atoms with van der Waals surface area (Å²) in [6.07, 6.45) is 4.77. The second-order valence-corrected chi connectivity index (χ2v) is 7.10. The Morgan fingerprint density at radius 1 is 1.25 bits per heavy atom. The number of rotatable bonds is 4. The molecule has 1 aliphatic carbocycles. The number of carbonyl (C=O) groups is 1. The van der Waals surface area contributed by atoms with Crippen molar-refractivity contribution in [1.29, 1.82) is 0 Å². The van der Waals surface area contributed by atoms with Gasteiger partial charge in [0.2, 0.25) is 5.91 Å². The molecule has 3 heteroatoms. The van der Waals surface area contributed by atoms with E-state index in [2.05, 4.69) is 44.3 Å². The fourth-order valence-corrected chi connectivity index (χ4v) is 3.60. The number of thioether (sulfide) groups is 1. The van der Waals surface area contributed by atoms with Crippen molar-refractivity contribution in [3.8, 4) is 0 Å². The lowest BCUT2D eigenvalue weighted by atomic mass is 9.87. The molecule has 1 aromatic carbocycles. The monoisotopic (exact) mass is 291 g/mol. The Morgan fingerprint density at radius 2 is 1.95 bits per heavy atom. The van der Waals surface area contributed by atoms with E-state index in [0.29, 0.717) is 11.8 Å². The summed E-state index contributed by atoms with van der Waals surface area (Å²) in [5, 5.41) is 3.18. The van der Waals surface area contributed by atoms with Gasteiger partial charge >= 0.3 is 0 Å². The van der Waals surface area contributed by atoms with E-state index in [1.165, 1.54) is 28.9 Å². The maximum Gasteiger partial charge on any atom is 0.230 e. The van der Waals surface area contributed by atoms with Crippen LogP contribution in [0, 0.1) is 19.8 Å². The first-order chi connectivity index (χ1) is 9.54. The van der Waals surface area contributed by atoms with Crippen LogP contribution >= 0.6 is 11.8 Å². The molecule has 20 heavy (non-hydrogen) atoms. The molecule has 1 fully saturated rings. The van der Waals surface area contributed by atoms with Gasteiger partial charge in [-0.3, -0.25) is 4.79 Å². The average molecular weight is 291 g/mol. The largest absolute Gasteiger partial charge is 0.353 e. The van der Waals surface area contributed by atoms with Gasteiger partial charge in [0.15, 0.2) is 0 Å². The van der Waals surface area contributed by atoms with Crippen molar-refractivity contribution < 1.29 is 4.79 Å². The highest BCUT2D eigenvalue weighted by Crippen LogP contribution is 2.25. The van der Waals surface area contributed by atoms with Gasteiger partial charge in [0, 0.05) is 10.9 Å². The minimum absolute atomic E-state index is 0.175. The first-order valence-electron chi connectivity index (χ1n) is 7.54. The first kappa shape index (κ1) is 15.4. The molecule has 1 aliphatic rings. The van der Waals surface area contributed by atoms with Crippen LogP contribution < -0.4 is 5.32 Å². The van der Waals surface area contributed by atoms with Crippen molar-refractivity contribution in [2.45, 2.75) is 57.4 Å². The molecule has 0 saturated heterocycles. The molecule has 2 nitrogen and oxygen atoms in total. The van der Waals surface area contributed by atoms with Gasteiger partial charge in [-0.1, -0.05) is 24.6 Å². The van der Waals surface area contributed by atoms with E-state index < -0.39 is 0 Å². The van der Waals surface area contributed by atoms with Crippen LogP contribution in [0.4, 0.5) is 0 Å². The highest BCUT2D eigenvalue weighted by atomic mass is 32.2. The highest BCUT2D eigenvalue weighted by Gasteiger charge is 2.19. The third-order valence-electron chi connectivity index (χ3n) is 4.07. The number of benzene rings is 1. The number of carbonyl (C=O) groups excluding carboxylic acids is 1. The molecule has 1 amide bonds. The SMILES string of the molecule is Cc1ccc(SCC(=O)NC2CCC(C)CC2)c(C)c1. The number of amides is 1. The summed E-state index contributed by atoms with van der Waals surface area (Å²) < 4.78 is 0. The molecule has 2 rings (SSSR count). The fraction of sp³-hybridized carbons (Fsp3) is 0.588. The van der Waals surface area contributed by atoms with E-state index in [9.17, 15) is 4.79 Å². The van der Waals surface area contributed by atoms with E-state index in [4.69, 9.17) is 0 Å². The van der Waals surface area contributed by atoms with E-state index in [1.54, 1.807) is 11.8 Å². The summed E-state index contributed by atoms with van der Waals surface area (Å²) in [4.78, 5) is 13.2. The summed E-state index contributed by atoms with van der Waals surface area (Å²) in [6, 6.07) is 6.79. The summed E-state index contributed by atoms with van der Waals surface area (Å²) in [5.41, 5.74) is 2.53. The summed E-state index contributed by atoms with van der Waals surface area (Å²) in [7, 11) is 0. The standard InChI is InChI=1S/C17H25NOS/c1-12-4-7-15(8-5-12)18-17(19)11-20-16-9-6-13(2)10-14(16)3/h6,9-10,12,15H,4-5,7-8,11H2,1-3H3,(H,18,19). The summed E-state index contributed by atoms with van der Waals surface area (Å²) in [6.45, 7) is 6.50. The molecule has 0 radical (unpaired) electrons. The van der Waals surface area contributed by atoms with Crippen molar-refractivity contribution in [3.63, 3.8) is 0 Å². The molecule has 110 valence electrons. The van der Waals surface area contributed by atoms with Crippen LogP contribution in [0.2, 0.25) is 0 Å². The zero-order valence-electron chi connectivity index (χ0n) is 12.7. The molecule has 0 spiro atoms. The first-order valence-corrected chi connectivity index (χ1v) is 8.52. The van der Waals surface area contributed by atoms with Crippen LogP contribution in [0.25, 0.3) is 0 Å². The predicted octanol–water partition coefficient (Wildman–Crippen LogP) is 4.09. The van der Waals surface area contributed by atoms with Gasteiger partial charge in [0.25, 0.3) is 0 Å². The van der Waals surface area contributed by atoms with E-state index in [1.807, 2.05) is 0 Å². The van der Waals surface area contributed by atoms with Crippen molar-refractivity contribution in [2.75, 3.05) is 5.75 Å². The Morgan fingerprint density at radius 3 is 2.60 bits per heavy atom. The quantitative estimate of drug-likeness (QED) is 0.847. The van der Waals surface area contributed by atoms with Gasteiger partial charge in [-0.05, 0) is 57.1 Å². The normalized spacial score (nSPS) is 22.6. The molecular formula is C17H25NOS. The Hall–Kier alpha value is -0.960. The molecule has 0 unspecified atom stereocenters. The molecule has 0 atom stereocenters. The zero-order chi connectivity index (χ0) is 14.5. The van der Waals surface area contributed by atoms with Gasteiger partial charge in [-0.15, -0.1) is 11.8 Å². The lowest BCUT2D eigenvalue weighted by molar-refractivity contribution is -0.119. The molecule has 1 aromatic rings. The molecule has 0 bridgehead atoms. The Kier molecular flexibility index (Phi) is 5.53. The number of hydrogen-bond donors (Lipinski definition) is 1. The van der Waals surface area contributed by atoms with Crippen LogP contribution in [0.5, 0.6) is 0 Å². The molecule has 1 saturated carbocycles. The van der Waals surface area contributed by atoms with Crippen LogP contribution in [-0.2, 0) is 4.79 Å². The lowest BCUT2D eigenvalue weighted by Gasteiger charge is -2.26. The van der Waals surface area contributed by atoms with Gasteiger partial charge in [-0.2, -0.15) is 0 Å². The molecule has 0 heterocycles. The van der Waals surface area contributed by atoms with Crippen molar-refractivity contribution in [3.05, 3.63) is 29.3 Å². The van der Waals surface area contributed by atoms with Crippen molar-refractivity contribution in [1.82, 2.24) is 5.32 Å². The Bertz CT molecular complexity index is 464. The second kappa shape index (κ2) is 7.16. The topological polar surface area (TPSA) is 29.1 Å². The van der Waals surface area contributed by atoms with Crippen molar-refractivity contribution in [2.24, 2.45) is 5.92 Å². The van der Waals surface area contributed by atoms with Gasteiger partial charge < -0.3 is 5.32 Å². The highest BCUT2D eigenvalue weighted by molar-refractivity contribution is 8.00. The van der Waals surface area contributed by atoms with Gasteiger partial charge in [0.05, 0.1) is 5.75 Å². The fourth-order valence-electron chi connectivity index (χ4n) is 2.78. The maximum absolute atomic E-state index is 12.0. The van der Waals surface area contributed by atoms with Gasteiger partial charge in [-0.25, -0.2) is 0 Å². The Balaban J connectivity index is 1.77. The lowest BCUT2D eigenvalue weighted by Crippen LogP contribution is -2.38. The minimum Gasteiger partial charge on any atom is -0.353 e. The molecular weight excluding hydrogens is 266 g/mol. The van der Waals surface area contributed by atoms with Crippen LogP contribution in [0.1, 0.15) is 43.7 Å². The van der Waals surface area contributed by atoms with E-state index >= 15 is 0 Å². The van der Waals surface area contributed by atoms with Gasteiger partial charge in [0.1, 0.15) is 0 Å². The van der Waals surface area contributed by atoms with E-state index in [0.717, 1.165) is 18.8 Å². The number of nitrogens with one attached hydrogen (secondary N) is 1. The molecule has 0 aromatic heterocycles. The average Bonchev–Trinajstić information content (AvgIpc) is 2.40. The summed E-state index contributed by atoms with van der Waals surface area (Å²) >= 11 is 1.64. The van der Waals surface area contributed by atoms with Crippen LogP contribution in [0.3, 0.4) is 0 Å². The smallest absolute Gasteiger partial charge is 0.230 e. The number of hydrogen-bond acceptors (Lipinski definition) is 2. The molecule has 1 N–H and O–H groups in total. The van der Waals surface area contributed by atoms with Crippen LogP contribution in [-0.4, -0.2) is 17.7 Å². The minimum atomic E-state index is 0.175. The van der Waals surface area contributed by atoms with Crippen molar-refractivity contribution >= 4 is 17.7 Å². The third kappa shape index (κ3) is 4.55. The number of aryl methyl sites for hydroxylation is 2. The predicted molar refractivity (Wildman–Crippen MR) is 86.2 cm³/mol. The summed E-state index contributed by atoms with van der Waals surface area (Å²) in [5.74, 6) is 1.53. The third-order valence-corrected chi connectivity index (χ3v) is 5.25. The maximum atomic E-state index is 12.0. The van der Waals surface area contributed by atoms with E-state index in [-0.39, 0.29) is 5.91 Å². The zero-order valence-corrected chi connectivity index (χ0v) is 13.6.